The van der Waals surface area contributed by atoms with Gasteiger partial charge in [-0.15, -0.1) is 0 Å². The van der Waals surface area contributed by atoms with Crippen LogP contribution >= 0.6 is 15.9 Å². The minimum Gasteiger partial charge on any atom is -0.487 e. The van der Waals surface area contributed by atoms with E-state index >= 15 is 0 Å². The lowest BCUT2D eigenvalue weighted by molar-refractivity contribution is -0.148. The molecule has 1 N–H and O–H groups in total. The number of nitrogens with one attached hydrogen (secondary N) is 1. The van der Waals surface area contributed by atoms with Crippen LogP contribution in [0.2, 0.25) is 0 Å². The van der Waals surface area contributed by atoms with Gasteiger partial charge < -0.3 is 10.1 Å². The Morgan fingerprint density at radius 2 is 2.00 bits per heavy atom. The number of benzene rings is 1. The van der Waals surface area contributed by atoms with Gasteiger partial charge in [-0.3, -0.25) is 0 Å². The van der Waals surface area contributed by atoms with Crippen LogP contribution in [0.1, 0.15) is 25.5 Å². The van der Waals surface area contributed by atoms with E-state index in [1.54, 1.807) is 12.1 Å². The maximum Gasteiger partial charge on any atom is 0.340 e. The van der Waals surface area contributed by atoms with E-state index in [4.69, 9.17) is 4.74 Å². The van der Waals surface area contributed by atoms with Crippen LogP contribution in [0.15, 0.2) is 22.7 Å². The molecule has 1 atom stereocenters. The fraction of sp³-hybridized carbons (Fsp3) is 0.538. The third kappa shape index (κ3) is 4.63. The molecule has 2 nitrogen and oxygen atoms in total. The highest BCUT2D eigenvalue weighted by atomic mass is 79.9. The summed E-state index contributed by atoms with van der Waals surface area (Å²) in [5.74, 6) is -3.99. The molecule has 0 saturated heterocycles. The van der Waals surface area contributed by atoms with Crippen molar-refractivity contribution in [3.8, 4) is 5.75 Å². The number of hydrogen-bond acceptors (Lipinski definition) is 2. The minimum atomic E-state index is -4.16. The van der Waals surface area contributed by atoms with Gasteiger partial charge in [-0.05, 0) is 31.7 Å². The Hall–Kier alpha value is -0.820. The molecule has 1 rings (SSSR count). The SMILES string of the molecule is CCNC(C)c1cc(Br)ccc1OCC(F)(F)C(F)F. The Labute approximate surface area is 123 Å². The van der Waals surface area contributed by atoms with Crippen LogP contribution in [0.25, 0.3) is 0 Å². The molecule has 20 heavy (non-hydrogen) atoms. The monoisotopic (exact) mass is 357 g/mol. The van der Waals surface area contributed by atoms with Gasteiger partial charge in [-0.25, -0.2) is 8.78 Å². The van der Waals surface area contributed by atoms with Crippen molar-refractivity contribution in [3.05, 3.63) is 28.2 Å². The summed E-state index contributed by atoms with van der Waals surface area (Å²) in [4.78, 5) is 0. The summed E-state index contributed by atoms with van der Waals surface area (Å²) in [5.41, 5.74) is 0.631. The molecule has 0 bridgehead atoms. The molecule has 0 spiro atoms. The highest BCUT2D eigenvalue weighted by Crippen LogP contribution is 2.31. The molecular weight excluding hydrogens is 342 g/mol. The van der Waals surface area contributed by atoms with E-state index in [1.807, 2.05) is 13.8 Å². The van der Waals surface area contributed by atoms with Crippen LogP contribution in [-0.2, 0) is 0 Å². The maximum atomic E-state index is 12.9. The average molecular weight is 358 g/mol. The molecule has 0 heterocycles. The van der Waals surface area contributed by atoms with Crippen molar-refractivity contribution < 1.29 is 22.3 Å². The zero-order chi connectivity index (χ0) is 15.3. The van der Waals surface area contributed by atoms with Gasteiger partial charge in [-0.1, -0.05) is 22.9 Å². The van der Waals surface area contributed by atoms with Gasteiger partial charge in [-0.2, -0.15) is 8.78 Å². The molecule has 114 valence electrons. The standard InChI is InChI=1S/C13H16BrF4NO/c1-3-19-8(2)10-6-9(14)4-5-11(10)20-7-13(17,18)12(15)16/h4-6,8,12,19H,3,7H2,1-2H3. The molecule has 7 heteroatoms. The number of rotatable bonds is 7. The van der Waals surface area contributed by atoms with E-state index in [2.05, 4.69) is 21.2 Å². The lowest BCUT2D eigenvalue weighted by Gasteiger charge is -2.21. The van der Waals surface area contributed by atoms with Gasteiger partial charge in [0.2, 0.25) is 0 Å². The zero-order valence-corrected chi connectivity index (χ0v) is 12.7. The highest BCUT2D eigenvalue weighted by molar-refractivity contribution is 9.10. The van der Waals surface area contributed by atoms with Crippen molar-refractivity contribution in [2.75, 3.05) is 13.2 Å². The first-order valence-corrected chi connectivity index (χ1v) is 6.88. The number of halogens is 5. The van der Waals surface area contributed by atoms with Crippen LogP contribution in [0.3, 0.4) is 0 Å². The van der Waals surface area contributed by atoms with Crippen LogP contribution < -0.4 is 10.1 Å². The lowest BCUT2D eigenvalue weighted by Crippen LogP contribution is -2.34. The topological polar surface area (TPSA) is 21.3 Å². The first kappa shape index (κ1) is 17.2. The summed E-state index contributed by atoms with van der Waals surface area (Å²) >= 11 is 3.28. The molecular formula is C13H16BrF4NO. The minimum absolute atomic E-state index is 0.146. The third-order valence-electron chi connectivity index (χ3n) is 2.69. The predicted octanol–water partition coefficient (Wildman–Crippen LogP) is 4.40. The molecule has 1 aromatic carbocycles. The summed E-state index contributed by atoms with van der Waals surface area (Å²) in [5, 5.41) is 3.11. The van der Waals surface area contributed by atoms with E-state index in [0.29, 0.717) is 12.1 Å². The number of hydrogen-bond donors (Lipinski definition) is 1. The van der Waals surface area contributed by atoms with E-state index in [-0.39, 0.29) is 11.8 Å². The molecule has 0 radical (unpaired) electrons. The lowest BCUT2D eigenvalue weighted by atomic mass is 10.1. The van der Waals surface area contributed by atoms with Gasteiger partial charge in [0.25, 0.3) is 0 Å². The van der Waals surface area contributed by atoms with Crippen molar-refractivity contribution in [2.24, 2.45) is 0 Å². The maximum absolute atomic E-state index is 12.9. The Kier molecular flexibility index (Phi) is 6.26. The average Bonchev–Trinajstić information content (AvgIpc) is 2.37. The summed E-state index contributed by atoms with van der Waals surface area (Å²) < 4.78 is 55.7. The van der Waals surface area contributed by atoms with Crippen molar-refractivity contribution in [1.29, 1.82) is 0 Å². The Balaban J connectivity index is 2.89. The van der Waals surface area contributed by atoms with Gasteiger partial charge in [0.15, 0.2) is 6.61 Å². The fourth-order valence-electron chi connectivity index (χ4n) is 1.64. The molecule has 0 aliphatic carbocycles. The van der Waals surface area contributed by atoms with E-state index < -0.39 is 19.0 Å². The first-order chi connectivity index (χ1) is 9.27. The summed E-state index contributed by atoms with van der Waals surface area (Å²) in [7, 11) is 0. The summed E-state index contributed by atoms with van der Waals surface area (Å²) in [6, 6.07) is 4.66. The molecule has 0 aliphatic rings. The van der Waals surface area contributed by atoms with Crippen molar-refractivity contribution in [1.82, 2.24) is 5.32 Å². The molecule has 0 aliphatic heterocycles. The smallest absolute Gasteiger partial charge is 0.340 e. The van der Waals surface area contributed by atoms with Crippen molar-refractivity contribution in [3.63, 3.8) is 0 Å². The predicted molar refractivity (Wildman–Crippen MR) is 72.7 cm³/mol. The second-order valence-corrected chi connectivity index (χ2v) is 5.23. The Bertz CT molecular complexity index is 442. The quantitative estimate of drug-likeness (QED) is 0.730. The van der Waals surface area contributed by atoms with Gasteiger partial charge in [0.1, 0.15) is 5.75 Å². The molecule has 0 aromatic heterocycles. The van der Waals surface area contributed by atoms with E-state index in [1.165, 1.54) is 6.07 Å². The normalized spacial score (nSPS) is 13.6. The van der Waals surface area contributed by atoms with Crippen LogP contribution in [0.5, 0.6) is 5.75 Å². The van der Waals surface area contributed by atoms with Gasteiger partial charge >= 0.3 is 12.3 Å². The van der Waals surface area contributed by atoms with Crippen LogP contribution in [-0.4, -0.2) is 25.5 Å². The van der Waals surface area contributed by atoms with Crippen LogP contribution in [0, 0.1) is 0 Å². The molecule has 0 saturated carbocycles. The van der Waals surface area contributed by atoms with Crippen LogP contribution in [0.4, 0.5) is 17.6 Å². The second kappa shape index (κ2) is 7.26. The highest BCUT2D eigenvalue weighted by Gasteiger charge is 2.41. The fourth-order valence-corrected chi connectivity index (χ4v) is 2.02. The molecule has 0 amide bonds. The summed E-state index contributed by atoms with van der Waals surface area (Å²) in [6.07, 6.45) is -3.74. The zero-order valence-electron chi connectivity index (χ0n) is 11.1. The molecule has 1 unspecified atom stereocenters. The van der Waals surface area contributed by atoms with Gasteiger partial charge in [0.05, 0.1) is 0 Å². The van der Waals surface area contributed by atoms with E-state index in [9.17, 15) is 17.6 Å². The van der Waals surface area contributed by atoms with E-state index in [0.717, 1.165) is 4.47 Å². The van der Waals surface area contributed by atoms with Gasteiger partial charge in [0, 0.05) is 16.1 Å². The second-order valence-electron chi connectivity index (χ2n) is 4.31. The molecule has 1 aromatic rings. The Morgan fingerprint density at radius 3 is 2.55 bits per heavy atom. The number of ether oxygens (including phenoxy) is 1. The Morgan fingerprint density at radius 1 is 1.35 bits per heavy atom. The first-order valence-electron chi connectivity index (χ1n) is 6.09. The largest absolute Gasteiger partial charge is 0.487 e. The molecule has 0 fully saturated rings. The third-order valence-corrected chi connectivity index (χ3v) is 3.18. The van der Waals surface area contributed by atoms with Crippen molar-refractivity contribution in [2.45, 2.75) is 32.2 Å². The van der Waals surface area contributed by atoms with Crippen molar-refractivity contribution >= 4 is 15.9 Å². The summed E-state index contributed by atoms with van der Waals surface area (Å²) in [6.45, 7) is 3.07. The number of alkyl halides is 4.